The van der Waals surface area contributed by atoms with E-state index in [-0.39, 0.29) is 18.1 Å². The molecule has 0 aliphatic heterocycles. The summed E-state index contributed by atoms with van der Waals surface area (Å²) in [7, 11) is 0. The van der Waals surface area contributed by atoms with Crippen molar-refractivity contribution in [2.24, 2.45) is 0 Å². The van der Waals surface area contributed by atoms with Gasteiger partial charge in [-0.3, -0.25) is 0 Å². The number of rotatable bonds is 2. The van der Waals surface area contributed by atoms with Crippen LogP contribution in [0.5, 0.6) is 0 Å². The van der Waals surface area contributed by atoms with Crippen LogP contribution in [0.15, 0.2) is 24.4 Å². The van der Waals surface area contributed by atoms with Crippen molar-refractivity contribution in [2.75, 3.05) is 6.61 Å². The molecule has 0 spiro atoms. The molecule has 0 bridgehead atoms. The molecule has 2 aromatic heterocycles. The number of ether oxygens (including phenoxy) is 1. The molecule has 0 aliphatic carbocycles. The summed E-state index contributed by atoms with van der Waals surface area (Å²) in [5, 5.41) is 5.57. The van der Waals surface area contributed by atoms with E-state index in [1.54, 1.807) is 26.1 Å². The number of carbonyl (C=O) groups excluding carboxylic acids is 1. The number of hydrogen-bond donors (Lipinski definition) is 0. The van der Waals surface area contributed by atoms with Crippen LogP contribution in [0.3, 0.4) is 0 Å². The summed E-state index contributed by atoms with van der Waals surface area (Å²) in [6.45, 7) is 3.70. The van der Waals surface area contributed by atoms with Gasteiger partial charge in [0.05, 0.1) is 18.5 Å². The lowest BCUT2D eigenvalue weighted by atomic mass is 10.2. The standard InChI is InChI=1S/C14H12FN3O2/c1-3-20-14(19)12-8(2)17-13-11-6-10(15)5-4-9(11)7-16-18(12)13/h4-7H,3H2,1-2H3. The monoisotopic (exact) mass is 273 g/mol. The molecule has 0 fully saturated rings. The van der Waals surface area contributed by atoms with E-state index < -0.39 is 5.97 Å². The van der Waals surface area contributed by atoms with Crippen molar-refractivity contribution in [3.63, 3.8) is 0 Å². The summed E-state index contributed by atoms with van der Waals surface area (Å²) >= 11 is 0. The fourth-order valence-electron chi connectivity index (χ4n) is 2.19. The van der Waals surface area contributed by atoms with Crippen LogP contribution >= 0.6 is 0 Å². The first-order chi connectivity index (χ1) is 9.61. The Hall–Kier alpha value is -2.50. The number of hydrogen-bond acceptors (Lipinski definition) is 4. The molecule has 3 aromatic rings. The van der Waals surface area contributed by atoms with E-state index in [4.69, 9.17) is 4.74 Å². The molecular formula is C14H12FN3O2. The molecule has 0 unspecified atom stereocenters. The van der Waals surface area contributed by atoms with Crippen molar-refractivity contribution < 1.29 is 13.9 Å². The topological polar surface area (TPSA) is 56.5 Å². The van der Waals surface area contributed by atoms with Crippen molar-refractivity contribution in [1.82, 2.24) is 14.6 Å². The number of nitrogens with zero attached hydrogens (tertiary/aromatic N) is 3. The molecule has 1 aromatic carbocycles. The lowest BCUT2D eigenvalue weighted by Gasteiger charge is -2.03. The van der Waals surface area contributed by atoms with E-state index in [1.165, 1.54) is 16.6 Å². The number of fused-ring (bicyclic) bond motifs is 3. The average molecular weight is 273 g/mol. The zero-order chi connectivity index (χ0) is 14.3. The Labute approximate surface area is 114 Å². The lowest BCUT2D eigenvalue weighted by Crippen LogP contribution is -2.11. The summed E-state index contributed by atoms with van der Waals surface area (Å²) in [6.07, 6.45) is 1.58. The first-order valence-corrected chi connectivity index (χ1v) is 6.22. The Balaban J connectivity index is 2.34. The predicted octanol–water partition coefficient (Wildman–Crippen LogP) is 2.51. The fourth-order valence-corrected chi connectivity index (χ4v) is 2.19. The summed E-state index contributed by atoms with van der Waals surface area (Å²) in [5.74, 6) is -0.843. The largest absolute Gasteiger partial charge is 0.461 e. The van der Waals surface area contributed by atoms with Crippen LogP contribution in [0.1, 0.15) is 23.1 Å². The number of benzene rings is 1. The number of aromatic nitrogens is 3. The third-order valence-corrected chi connectivity index (χ3v) is 3.07. The Kier molecular flexibility index (Phi) is 2.85. The Morgan fingerprint density at radius 3 is 3.00 bits per heavy atom. The Morgan fingerprint density at radius 2 is 2.25 bits per heavy atom. The minimum absolute atomic E-state index is 0.271. The van der Waals surface area contributed by atoms with E-state index in [1.807, 2.05) is 0 Å². The van der Waals surface area contributed by atoms with Gasteiger partial charge in [-0.25, -0.2) is 18.7 Å². The maximum absolute atomic E-state index is 13.4. The van der Waals surface area contributed by atoms with E-state index in [0.717, 1.165) is 5.39 Å². The highest BCUT2D eigenvalue weighted by Gasteiger charge is 2.20. The second kappa shape index (κ2) is 4.56. The van der Waals surface area contributed by atoms with Gasteiger partial charge in [0.15, 0.2) is 11.3 Å². The van der Waals surface area contributed by atoms with Gasteiger partial charge in [-0.1, -0.05) is 0 Å². The first-order valence-electron chi connectivity index (χ1n) is 6.22. The highest BCUT2D eigenvalue weighted by Crippen LogP contribution is 2.22. The number of aryl methyl sites for hydroxylation is 1. The molecule has 20 heavy (non-hydrogen) atoms. The molecule has 0 atom stereocenters. The Morgan fingerprint density at radius 1 is 1.45 bits per heavy atom. The highest BCUT2D eigenvalue weighted by atomic mass is 19.1. The van der Waals surface area contributed by atoms with Gasteiger partial charge in [0.1, 0.15) is 5.82 Å². The van der Waals surface area contributed by atoms with E-state index in [2.05, 4.69) is 10.1 Å². The van der Waals surface area contributed by atoms with Crippen LogP contribution in [-0.4, -0.2) is 27.2 Å². The quantitative estimate of drug-likeness (QED) is 0.673. The smallest absolute Gasteiger partial charge is 0.358 e. The van der Waals surface area contributed by atoms with Gasteiger partial charge in [0, 0.05) is 10.8 Å². The second-order valence-corrected chi connectivity index (χ2v) is 4.38. The molecular weight excluding hydrogens is 261 g/mol. The summed E-state index contributed by atoms with van der Waals surface area (Å²) < 4.78 is 19.8. The van der Waals surface area contributed by atoms with E-state index in [0.29, 0.717) is 16.7 Å². The minimum Gasteiger partial charge on any atom is -0.461 e. The molecule has 3 rings (SSSR count). The molecule has 2 heterocycles. The molecule has 0 saturated carbocycles. The van der Waals surface area contributed by atoms with Crippen molar-refractivity contribution in [3.8, 4) is 0 Å². The van der Waals surface area contributed by atoms with Gasteiger partial charge < -0.3 is 4.74 Å². The Bertz CT molecular complexity index is 826. The van der Waals surface area contributed by atoms with Gasteiger partial charge in [-0.05, 0) is 32.0 Å². The molecule has 0 aliphatic rings. The molecule has 102 valence electrons. The molecule has 0 saturated heterocycles. The second-order valence-electron chi connectivity index (χ2n) is 4.38. The normalized spacial score (nSPS) is 11.2. The van der Waals surface area contributed by atoms with Crippen molar-refractivity contribution in [3.05, 3.63) is 41.6 Å². The van der Waals surface area contributed by atoms with Crippen molar-refractivity contribution in [2.45, 2.75) is 13.8 Å². The number of carbonyl (C=O) groups is 1. The third kappa shape index (κ3) is 1.80. The average Bonchev–Trinajstić information content (AvgIpc) is 2.75. The van der Waals surface area contributed by atoms with Crippen LogP contribution in [-0.2, 0) is 4.74 Å². The third-order valence-electron chi connectivity index (χ3n) is 3.07. The number of halogens is 1. The minimum atomic E-state index is -0.485. The van der Waals surface area contributed by atoms with Gasteiger partial charge >= 0.3 is 5.97 Å². The van der Waals surface area contributed by atoms with Gasteiger partial charge in [0.25, 0.3) is 0 Å². The van der Waals surface area contributed by atoms with Gasteiger partial charge in [-0.15, -0.1) is 0 Å². The van der Waals surface area contributed by atoms with Crippen molar-refractivity contribution in [1.29, 1.82) is 0 Å². The van der Waals surface area contributed by atoms with Gasteiger partial charge in [-0.2, -0.15) is 5.10 Å². The molecule has 5 nitrogen and oxygen atoms in total. The van der Waals surface area contributed by atoms with Crippen LogP contribution in [0.25, 0.3) is 16.4 Å². The van der Waals surface area contributed by atoms with Crippen LogP contribution < -0.4 is 0 Å². The van der Waals surface area contributed by atoms with E-state index in [9.17, 15) is 9.18 Å². The fraction of sp³-hybridized carbons (Fsp3) is 0.214. The first kappa shape index (κ1) is 12.5. The lowest BCUT2D eigenvalue weighted by molar-refractivity contribution is 0.0516. The summed E-state index contributed by atoms with van der Waals surface area (Å²) in [5.41, 5.74) is 1.23. The summed E-state index contributed by atoms with van der Waals surface area (Å²) in [6, 6.07) is 4.38. The van der Waals surface area contributed by atoms with Crippen LogP contribution in [0.4, 0.5) is 4.39 Å². The zero-order valence-electron chi connectivity index (χ0n) is 11.1. The molecule has 0 N–H and O–H groups in total. The number of imidazole rings is 1. The SMILES string of the molecule is CCOC(=O)c1c(C)nc2c3cc(F)ccc3cnn12. The highest BCUT2D eigenvalue weighted by molar-refractivity contribution is 5.97. The van der Waals surface area contributed by atoms with Gasteiger partial charge in [0.2, 0.25) is 0 Å². The molecule has 6 heteroatoms. The maximum Gasteiger partial charge on any atom is 0.358 e. The number of esters is 1. The van der Waals surface area contributed by atoms with E-state index >= 15 is 0 Å². The van der Waals surface area contributed by atoms with Crippen LogP contribution in [0, 0.1) is 12.7 Å². The predicted molar refractivity (Wildman–Crippen MR) is 71.1 cm³/mol. The maximum atomic E-state index is 13.4. The molecule has 0 radical (unpaired) electrons. The van der Waals surface area contributed by atoms with Crippen molar-refractivity contribution >= 4 is 22.4 Å². The van der Waals surface area contributed by atoms with Crippen LogP contribution in [0.2, 0.25) is 0 Å². The molecule has 0 amide bonds. The summed E-state index contributed by atoms with van der Waals surface area (Å²) in [4.78, 5) is 16.3. The zero-order valence-corrected chi connectivity index (χ0v) is 11.1.